The fourth-order valence-electron chi connectivity index (χ4n) is 3.45. The lowest BCUT2D eigenvalue weighted by atomic mass is 10.0. The number of carbonyl (C=O) groups excluding carboxylic acids is 1. The number of ether oxygens (including phenoxy) is 1. The van der Waals surface area contributed by atoms with E-state index in [0.29, 0.717) is 24.8 Å². The van der Waals surface area contributed by atoms with Gasteiger partial charge in [0.1, 0.15) is 5.75 Å². The third-order valence-electron chi connectivity index (χ3n) is 4.54. The topological polar surface area (TPSA) is 67.6 Å². The minimum atomic E-state index is -0.342. The van der Waals surface area contributed by atoms with Gasteiger partial charge in [-0.1, -0.05) is 26.0 Å². The molecule has 1 aliphatic rings. The van der Waals surface area contributed by atoms with Crippen LogP contribution in [0, 0.1) is 5.92 Å². The number of aromatic hydroxyl groups is 1. The highest BCUT2D eigenvalue weighted by molar-refractivity contribution is 5.89. The minimum absolute atomic E-state index is 0.275. The zero-order valence-corrected chi connectivity index (χ0v) is 15.7. The molecule has 6 nitrogen and oxygen atoms in total. The van der Waals surface area contributed by atoms with Crippen molar-refractivity contribution in [2.75, 3.05) is 13.2 Å². The molecule has 0 fully saturated rings. The standard InChI is InChI=1S/C20H27N3O3/c1-4-26-20(25)19-17-13-22(12-15-6-5-7-16(24)10-15)9-8-18(17)23(21-19)11-14(2)3/h5-7,10,14,24H,4,8-9,11-13H2,1-3H3. The van der Waals surface area contributed by atoms with E-state index in [1.54, 1.807) is 12.1 Å². The molecule has 2 aromatic rings. The largest absolute Gasteiger partial charge is 0.508 e. The van der Waals surface area contributed by atoms with E-state index in [0.717, 1.165) is 42.9 Å². The van der Waals surface area contributed by atoms with Crippen LogP contribution in [0.1, 0.15) is 48.1 Å². The number of hydrogen-bond donors (Lipinski definition) is 1. The van der Waals surface area contributed by atoms with Gasteiger partial charge in [-0.2, -0.15) is 5.10 Å². The summed E-state index contributed by atoms with van der Waals surface area (Å²) in [6, 6.07) is 7.31. The van der Waals surface area contributed by atoms with E-state index in [1.165, 1.54) is 0 Å². The number of esters is 1. The Morgan fingerprint density at radius 1 is 1.38 bits per heavy atom. The molecule has 0 radical (unpaired) electrons. The van der Waals surface area contributed by atoms with E-state index in [-0.39, 0.29) is 11.7 Å². The fraction of sp³-hybridized carbons (Fsp3) is 0.500. The van der Waals surface area contributed by atoms with Crippen molar-refractivity contribution >= 4 is 5.97 Å². The van der Waals surface area contributed by atoms with Gasteiger partial charge in [0, 0.05) is 43.9 Å². The average molecular weight is 357 g/mol. The molecule has 1 aromatic carbocycles. The molecule has 0 aliphatic carbocycles. The molecule has 1 aliphatic heterocycles. The molecule has 0 saturated heterocycles. The van der Waals surface area contributed by atoms with Gasteiger partial charge in [-0.05, 0) is 30.5 Å². The third kappa shape index (κ3) is 4.07. The number of fused-ring (bicyclic) bond motifs is 1. The monoisotopic (exact) mass is 357 g/mol. The average Bonchev–Trinajstić information content (AvgIpc) is 2.92. The predicted molar refractivity (Wildman–Crippen MR) is 98.9 cm³/mol. The molecule has 0 amide bonds. The Bertz CT molecular complexity index is 783. The highest BCUT2D eigenvalue weighted by Gasteiger charge is 2.29. The van der Waals surface area contributed by atoms with E-state index >= 15 is 0 Å². The third-order valence-corrected chi connectivity index (χ3v) is 4.54. The van der Waals surface area contributed by atoms with Gasteiger partial charge in [-0.15, -0.1) is 0 Å². The van der Waals surface area contributed by atoms with Crippen molar-refractivity contribution in [1.82, 2.24) is 14.7 Å². The second-order valence-corrected chi connectivity index (χ2v) is 7.20. The van der Waals surface area contributed by atoms with E-state index in [9.17, 15) is 9.90 Å². The Morgan fingerprint density at radius 3 is 2.88 bits per heavy atom. The number of phenolic OH excluding ortho intramolecular Hbond substituents is 1. The van der Waals surface area contributed by atoms with Crippen molar-refractivity contribution in [2.45, 2.75) is 46.8 Å². The van der Waals surface area contributed by atoms with Crippen LogP contribution in [0.15, 0.2) is 24.3 Å². The first-order valence-corrected chi connectivity index (χ1v) is 9.23. The minimum Gasteiger partial charge on any atom is -0.508 e. The van der Waals surface area contributed by atoms with Crippen molar-refractivity contribution in [1.29, 1.82) is 0 Å². The Kier molecular flexibility index (Phi) is 5.61. The molecule has 6 heteroatoms. The maximum Gasteiger partial charge on any atom is 0.359 e. The molecule has 1 aromatic heterocycles. The number of benzene rings is 1. The molecule has 140 valence electrons. The van der Waals surface area contributed by atoms with Crippen molar-refractivity contribution in [2.24, 2.45) is 5.92 Å². The van der Waals surface area contributed by atoms with Crippen LogP contribution in [-0.4, -0.2) is 38.9 Å². The number of nitrogens with zero attached hydrogens (tertiary/aromatic N) is 3. The highest BCUT2D eigenvalue weighted by Crippen LogP contribution is 2.26. The molecule has 0 unspecified atom stereocenters. The summed E-state index contributed by atoms with van der Waals surface area (Å²) >= 11 is 0. The predicted octanol–water partition coefficient (Wildman–Crippen LogP) is 2.98. The summed E-state index contributed by atoms with van der Waals surface area (Å²) in [6.45, 7) is 9.54. The van der Waals surface area contributed by atoms with Crippen LogP contribution >= 0.6 is 0 Å². The van der Waals surface area contributed by atoms with Gasteiger partial charge < -0.3 is 9.84 Å². The van der Waals surface area contributed by atoms with Crippen LogP contribution in [0.25, 0.3) is 0 Å². The van der Waals surface area contributed by atoms with Crippen molar-refractivity contribution in [3.05, 3.63) is 46.8 Å². The molecule has 0 saturated carbocycles. The zero-order valence-electron chi connectivity index (χ0n) is 15.7. The van der Waals surface area contributed by atoms with Crippen LogP contribution in [0.5, 0.6) is 5.75 Å². The van der Waals surface area contributed by atoms with Crippen LogP contribution in [0.4, 0.5) is 0 Å². The summed E-state index contributed by atoms with van der Waals surface area (Å²) in [7, 11) is 0. The van der Waals surface area contributed by atoms with Crippen LogP contribution in [0.2, 0.25) is 0 Å². The Labute approximate surface area is 154 Å². The SMILES string of the molecule is CCOC(=O)c1nn(CC(C)C)c2c1CN(Cc1cccc(O)c1)CC2. The second kappa shape index (κ2) is 7.91. The smallest absolute Gasteiger partial charge is 0.359 e. The number of phenols is 1. The first kappa shape index (κ1) is 18.5. The number of carbonyl (C=O) groups is 1. The quantitative estimate of drug-likeness (QED) is 0.805. The van der Waals surface area contributed by atoms with Gasteiger partial charge >= 0.3 is 5.97 Å². The van der Waals surface area contributed by atoms with Gasteiger partial charge in [0.2, 0.25) is 0 Å². The van der Waals surface area contributed by atoms with Gasteiger partial charge in [0.25, 0.3) is 0 Å². The van der Waals surface area contributed by atoms with Crippen LogP contribution < -0.4 is 0 Å². The van der Waals surface area contributed by atoms with Crippen LogP contribution in [0.3, 0.4) is 0 Å². The van der Waals surface area contributed by atoms with E-state index in [2.05, 4.69) is 23.8 Å². The van der Waals surface area contributed by atoms with Gasteiger partial charge in [0.05, 0.1) is 6.61 Å². The zero-order chi connectivity index (χ0) is 18.7. The highest BCUT2D eigenvalue weighted by atomic mass is 16.5. The molecule has 0 atom stereocenters. The molecule has 0 spiro atoms. The molecule has 2 heterocycles. The number of aromatic nitrogens is 2. The molecular weight excluding hydrogens is 330 g/mol. The Hall–Kier alpha value is -2.34. The molecule has 26 heavy (non-hydrogen) atoms. The van der Waals surface area contributed by atoms with Crippen molar-refractivity contribution in [3.63, 3.8) is 0 Å². The summed E-state index contributed by atoms with van der Waals surface area (Å²) in [6.07, 6.45) is 0.854. The number of hydrogen-bond acceptors (Lipinski definition) is 5. The van der Waals surface area contributed by atoms with E-state index in [4.69, 9.17) is 4.74 Å². The Morgan fingerprint density at radius 2 is 2.19 bits per heavy atom. The maximum absolute atomic E-state index is 12.4. The first-order valence-electron chi connectivity index (χ1n) is 9.23. The summed E-state index contributed by atoms with van der Waals surface area (Å²) in [5.41, 5.74) is 3.63. The summed E-state index contributed by atoms with van der Waals surface area (Å²) in [5.74, 6) is 0.391. The lowest BCUT2D eigenvalue weighted by molar-refractivity contribution is 0.0515. The first-order chi connectivity index (χ1) is 12.5. The fourth-order valence-corrected chi connectivity index (χ4v) is 3.45. The second-order valence-electron chi connectivity index (χ2n) is 7.20. The maximum atomic E-state index is 12.4. The summed E-state index contributed by atoms with van der Waals surface area (Å²) in [4.78, 5) is 14.7. The summed E-state index contributed by atoms with van der Waals surface area (Å²) in [5, 5.41) is 14.3. The lowest BCUT2D eigenvalue weighted by Gasteiger charge is -2.28. The molecule has 1 N–H and O–H groups in total. The molecular formula is C20H27N3O3. The molecule has 3 rings (SSSR count). The molecule has 0 bridgehead atoms. The van der Waals surface area contributed by atoms with Crippen molar-refractivity contribution < 1.29 is 14.6 Å². The van der Waals surface area contributed by atoms with Gasteiger partial charge in [0.15, 0.2) is 5.69 Å². The van der Waals surface area contributed by atoms with Crippen LogP contribution in [-0.2, 0) is 30.8 Å². The van der Waals surface area contributed by atoms with Crippen molar-refractivity contribution in [3.8, 4) is 5.75 Å². The van der Waals surface area contributed by atoms with E-state index in [1.807, 2.05) is 23.7 Å². The van der Waals surface area contributed by atoms with Gasteiger partial charge in [-0.25, -0.2) is 4.79 Å². The number of rotatable bonds is 6. The van der Waals surface area contributed by atoms with Gasteiger partial charge in [-0.3, -0.25) is 9.58 Å². The lowest BCUT2D eigenvalue weighted by Crippen LogP contribution is -2.31. The van der Waals surface area contributed by atoms with E-state index < -0.39 is 0 Å². The normalized spacial score (nSPS) is 14.5. The summed E-state index contributed by atoms with van der Waals surface area (Å²) < 4.78 is 7.20. The Balaban J connectivity index is 1.85.